The summed E-state index contributed by atoms with van der Waals surface area (Å²) in [5, 5.41) is 10.1. The number of nitrogens with zero attached hydrogens (tertiary/aromatic N) is 2. The number of hydrogen-bond donors (Lipinski definition) is 0. The summed E-state index contributed by atoms with van der Waals surface area (Å²) in [7, 11) is -3.50. The Balaban J connectivity index is 2.29. The molecule has 2 rings (SSSR count). The van der Waals surface area contributed by atoms with E-state index in [2.05, 4.69) is 0 Å². The molecule has 1 aliphatic rings. The summed E-state index contributed by atoms with van der Waals surface area (Å²) < 4.78 is 32.6. The Kier molecular flexibility index (Phi) is 6.09. The highest BCUT2D eigenvalue weighted by atomic mass is 32.2. The summed E-state index contributed by atoms with van der Waals surface area (Å²) in [5.41, 5.74) is 0.572. The molecule has 0 amide bonds. The van der Waals surface area contributed by atoms with Gasteiger partial charge in [0.2, 0.25) is 10.0 Å². The average Bonchev–Trinajstić information content (AvgIpc) is 2.56. The van der Waals surface area contributed by atoms with Gasteiger partial charge in [0, 0.05) is 25.2 Å². The van der Waals surface area contributed by atoms with E-state index in [1.54, 1.807) is 12.1 Å². The van der Waals surface area contributed by atoms with E-state index in [9.17, 15) is 18.5 Å². The third kappa shape index (κ3) is 4.27. The van der Waals surface area contributed by atoms with Crippen LogP contribution in [0, 0.1) is 10.1 Å². The molecule has 23 heavy (non-hydrogen) atoms. The number of sulfonamides is 1. The molecule has 0 aromatic heterocycles. The lowest BCUT2D eigenvalue weighted by molar-refractivity contribution is -0.384. The van der Waals surface area contributed by atoms with Crippen LogP contribution in [-0.2, 0) is 14.8 Å². The van der Waals surface area contributed by atoms with Gasteiger partial charge in [0.15, 0.2) is 0 Å². The molecule has 1 aromatic rings. The van der Waals surface area contributed by atoms with Crippen molar-refractivity contribution in [2.75, 3.05) is 26.3 Å². The second-order valence-corrected chi connectivity index (χ2v) is 7.65. The Labute approximate surface area is 136 Å². The molecule has 8 heteroatoms. The molecular formula is C15H22N2O5S. The van der Waals surface area contributed by atoms with Gasteiger partial charge in [-0.1, -0.05) is 31.9 Å². The van der Waals surface area contributed by atoms with Crippen molar-refractivity contribution in [3.63, 3.8) is 0 Å². The van der Waals surface area contributed by atoms with Crippen molar-refractivity contribution >= 4 is 15.7 Å². The molecule has 0 saturated carbocycles. The molecule has 1 heterocycles. The van der Waals surface area contributed by atoms with Gasteiger partial charge in [-0.2, -0.15) is 4.31 Å². The zero-order valence-electron chi connectivity index (χ0n) is 13.2. The molecule has 0 aliphatic carbocycles. The van der Waals surface area contributed by atoms with Gasteiger partial charge < -0.3 is 4.74 Å². The van der Waals surface area contributed by atoms with Crippen LogP contribution in [0.2, 0.25) is 0 Å². The van der Waals surface area contributed by atoms with Gasteiger partial charge >= 0.3 is 0 Å². The van der Waals surface area contributed by atoms with Crippen LogP contribution < -0.4 is 0 Å². The van der Waals surface area contributed by atoms with Gasteiger partial charge in [-0.05, 0) is 12.0 Å². The molecule has 1 aromatic carbocycles. The van der Waals surface area contributed by atoms with E-state index in [4.69, 9.17) is 4.74 Å². The maximum Gasteiger partial charge on any atom is 0.269 e. The third-order valence-electron chi connectivity index (χ3n) is 3.99. The van der Waals surface area contributed by atoms with Crippen molar-refractivity contribution < 1.29 is 18.1 Å². The molecule has 0 bridgehead atoms. The minimum atomic E-state index is -3.50. The van der Waals surface area contributed by atoms with Crippen LogP contribution in [0.5, 0.6) is 0 Å². The van der Waals surface area contributed by atoms with E-state index < -0.39 is 20.2 Å². The van der Waals surface area contributed by atoms with E-state index in [0.29, 0.717) is 38.3 Å². The number of unbranched alkanes of at least 4 members (excludes halogenated alkanes) is 1. The first-order chi connectivity index (χ1) is 11.0. The summed E-state index contributed by atoms with van der Waals surface area (Å²) in [4.78, 5) is 10.3. The van der Waals surface area contributed by atoms with Gasteiger partial charge in [0.1, 0.15) is 5.25 Å². The number of nitro benzene ring substituents is 1. The standard InChI is InChI=1S/C15H22N2O5S/c1-2-3-4-15(13-5-7-14(8-6-13)17(18)19)23(20,21)16-9-11-22-12-10-16/h5-8,15H,2-4,9-12H2,1H3. The summed E-state index contributed by atoms with van der Waals surface area (Å²) in [6.45, 7) is 3.53. The SMILES string of the molecule is CCCCC(c1ccc([N+](=O)[O-])cc1)S(=O)(=O)N1CCOCC1. The zero-order chi connectivity index (χ0) is 16.9. The number of rotatable bonds is 7. The Morgan fingerprint density at radius 2 is 1.87 bits per heavy atom. The smallest absolute Gasteiger partial charge is 0.269 e. The Morgan fingerprint density at radius 1 is 1.26 bits per heavy atom. The predicted molar refractivity (Wildman–Crippen MR) is 86.7 cm³/mol. The van der Waals surface area contributed by atoms with Crippen LogP contribution in [0.15, 0.2) is 24.3 Å². The lowest BCUT2D eigenvalue weighted by Crippen LogP contribution is -2.42. The molecule has 0 radical (unpaired) electrons. The molecule has 7 nitrogen and oxygen atoms in total. The quantitative estimate of drug-likeness (QED) is 0.561. The molecule has 1 fully saturated rings. The molecule has 0 spiro atoms. The molecular weight excluding hydrogens is 320 g/mol. The van der Waals surface area contributed by atoms with Crippen molar-refractivity contribution in [3.8, 4) is 0 Å². The first-order valence-electron chi connectivity index (χ1n) is 7.78. The number of hydrogen-bond acceptors (Lipinski definition) is 5. The molecule has 1 atom stereocenters. The highest BCUT2D eigenvalue weighted by Gasteiger charge is 2.34. The fourth-order valence-corrected chi connectivity index (χ4v) is 4.65. The molecule has 0 N–H and O–H groups in total. The summed E-state index contributed by atoms with van der Waals surface area (Å²) in [6.07, 6.45) is 2.18. The molecule has 128 valence electrons. The van der Waals surface area contributed by atoms with Gasteiger partial charge in [-0.15, -0.1) is 0 Å². The lowest BCUT2D eigenvalue weighted by atomic mass is 10.1. The topological polar surface area (TPSA) is 89.8 Å². The van der Waals surface area contributed by atoms with Gasteiger partial charge in [-0.3, -0.25) is 10.1 Å². The van der Waals surface area contributed by atoms with E-state index in [-0.39, 0.29) is 5.69 Å². The van der Waals surface area contributed by atoms with Crippen molar-refractivity contribution in [2.24, 2.45) is 0 Å². The maximum atomic E-state index is 12.9. The molecule has 1 saturated heterocycles. The number of nitro groups is 1. The van der Waals surface area contributed by atoms with E-state index >= 15 is 0 Å². The van der Waals surface area contributed by atoms with Gasteiger partial charge in [-0.25, -0.2) is 8.42 Å². The third-order valence-corrected chi connectivity index (χ3v) is 6.30. The van der Waals surface area contributed by atoms with Crippen molar-refractivity contribution in [2.45, 2.75) is 31.4 Å². The summed E-state index contributed by atoms with van der Waals surface area (Å²) in [5.74, 6) is 0. The number of ether oxygens (including phenoxy) is 1. The Morgan fingerprint density at radius 3 is 2.39 bits per heavy atom. The number of morpholine rings is 1. The Hall–Kier alpha value is -1.51. The van der Waals surface area contributed by atoms with Crippen molar-refractivity contribution in [1.82, 2.24) is 4.31 Å². The fraction of sp³-hybridized carbons (Fsp3) is 0.600. The largest absolute Gasteiger partial charge is 0.379 e. The molecule has 1 aliphatic heterocycles. The van der Waals surface area contributed by atoms with E-state index in [1.807, 2.05) is 6.92 Å². The van der Waals surface area contributed by atoms with Crippen molar-refractivity contribution in [1.29, 1.82) is 0 Å². The predicted octanol–water partition coefficient (Wildman–Crippen LogP) is 2.49. The maximum absolute atomic E-state index is 12.9. The number of benzene rings is 1. The lowest BCUT2D eigenvalue weighted by Gasteiger charge is -2.30. The highest BCUT2D eigenvalue weighted by Crippen LogP contribution is 2.32. The normalized spacial score (nSPS) is 17.8. The van der Waals surface area contributed by atoms with Gasteiger partial charge in [0.05, 0.1) is 18.1 Å². The monoisotopic (exact) mass is 342 g/mol. The molecule has 1 unspecified atom stereocenters. The van der Waals surface area contributed by atoms with Crippen LogP contribution in [0.1, 0.15) is 37.0 Å². The second kappa shape index (κ2) is 7.85. The van der Waals surface area contributed by atoms with Gasteiger partial charge in [0.25, 0.3) is 5.69 Å². The Bertz CT molecular complexity index is 624. The van der Waals surface area contributed by atoms with Crippen LogP contribution in [-0.4, -0.2) is 43.9 Å². The van der Waals surface area contributed by atoms with Crippen LogP contribution in [0.3, 0.4) is 0 Å². The average molecular weight is 342 g/mol. The number of non-ortho nitro benzene ring substituents is 1. The zero-order valence-corrected chi connectivity index (χ0v) is 14.0. The minimum absolute atomic E-state index is 0.0354. The second-order valence-electron chi connectivity index (χ2n) is 5.54. The van der Waals surface area contributed by atoms with E-state index in [0.717, 1.165) is 12.8 Å². The fourth-order valence-electron chi connectivity index (χ4n) is 2.67. The van der Waals surface area contributed by atoms with Crippen LogP contribution >= 0.6 is 0 Å². The van der Waals surface area contributed by atoms with Crippen LogP contribution in [0.25, 0.3) is 0 Å². The van der Waals surface area contributed by atoms with Crippen molar-refractivity contribution in [3.05, 3.63) is 39.9 Å². The highest BCUT2D eigenvalue weighted by molar-refractivity contribution is 7.89. The first-order valence-corrected chi connectivity index (χ1v) is 9.28. The van der Waals surface area contributed by atoms with E-state index in [1.165, 1.54) is 16.4 Å². The summed E-state index contributed by atoms with van der Waals surface area (Å²) in [6, 6.07) is 5.83. The first kappa shape index (κ1) is 17.8. The summed E-state index contributed by atoms with van der Waals surface area (Å²) >= 11 is 0. The van der Waals surface area contributed by atoms with Crippen LogP contribution in [0.4, 0.5) is 5.69 Å². The minimum Gasteiger partial charge on any atom is -0.379 e.